The highest BCUT2D eigenvalue weighted by Gasteiger charge is 2.23. The highest BCUT2D eigenvalue weighted by Crippen LogP contribution is 2.35. The molecule has 0 amide bonds. The van der Waals surface area contributed by atoms with Gasteiger partial charge in [-0.2, -0.15) is 0 Å². The first kappa shape index (κ1) is 11.1. The van der Waals surface area contributed by atoms with Crippen LogP contribution in [0.2, 0.25) is 0 Å². The second-order valence-electron chi connectivity index (χ2n) is 4.84. The Hall–Kier alpha value is -1.96. The molecule has 1 aliphatic rings. The van der Waals surface area contributed by atoms with Crippen LogP contribution in [0, 0.1) is 0 Å². The van der Waals surface area contributed by atoms with E-state index in [9.17, 15) is 5.11 Å². The molecule has 1 unspecified atom stereocenters. The lowest BCUT2D eigenvalue weighted by Crippen LogP contribution is -2.24. The lowest BCUT2D eigenvalue weighted by atomic mass is 10.1. The number of fused-ring (bicyclic) bond motifs is 1. The van der Waals surface area contributed by atoms with Crippen molar-refractivity contribution in [1.29, 1.82) is 0 Å². The predicted molar refractivity (Wildman–Crippen MR) is 74.0 cm³/mol. The molecule has 0 aliphatic carbocycles. The van der Waals surface area contributed by atoms with Crippen LogP contribution in [0.15, 0.2) is 48.5 Å². The molecule has 2 aromatic carbocycles. The lowest BCUT2D eigenvalue weighted by Gasteiger charge is -2.27. The topological polar surface area (TPSA) is 23.5 Å². The van der Waals surface area contributed by atoms with Crippen LogP contribution in [-0.4, -0.2) is 11.7 Å². The minimum atomic E-state index is 0.292. The number of nitrogens with zero attached hydrogens (tertiary/aromatic N) is 1. The first-order valence-electron chi connectivity index (χ1n) is 6.39. The molecule has 3 rings (SSSR count). The second-order valence-corrected chi connectivity index (χ2v) is 4.84. The van der Waals surface area contributed by atoms with E-state index in [4.69, 9.17) is 0 Å². The van der Waals surface area contributed by atoms with E-state index in [1.165, 1.54) is 11.3 Å². The van der Waals surface area contributed by atoms with Crippen LogP contribution in [0.5, 0.6) is 5.75 Å². The van der Waals surface area contributed by atoms with Crippen molar-refractivity contribution < 1.29 is 5.11 Å². The number of phenolic OH excluding ortho intramolecular Hbond substituents is 1. The van der Waals surface area contributed by atoms with Crippen molar-refractivity contribution in [3.8, 4) is 5.75 Å². The van der Waals surface area contributed by atoms with Gasteiger partial charge in [0.15, 0.2) is 0 Å². The number of hydrogen-bond acceptors (Lipinski definition) is 2. The summed E-state index contributed by atoms with van der Waals surface area (Å²) >= 11 is 0. The van der Waals surface area contributed by atoms with E-state index in [0.717, 1.165) is 18.5 Å². The summed E-state index contributed by atoms with van der Waals surface area (Å²) in [6.07, 6.45) is 1.11. The maximum atomic E-state index is 9.58. The molecule has 0 spiro atoms. The Bertz CT molecular complexity index is 565. The van der Waals surface area contributed by atoms with E-state index in [1.807, 2.05) is 12.1 Å². The average Bonchev–Trinajstić information content (AvgIpc) is 2.82. The molecule has 92 valence electrons. The number of para-hydroxylation sites is 1. The summed E-state index contributed by atoms with van der Waals surface area (Å²) in [5, 5.41) is 9.58. The van der Waals surface area contributed by atoms with Gasteiger partial charge in [0.05, 0.1) is 6.04 Å². The molecular formula is C16H17NO. The van der Waals surface area contributed by atoms with E-state index in [2.05, 4.69) is 42.2 Å². The van der Waals surface area contributed by atoms with Gasteiger partial charge >= 0.3 is 0 Å². The van der Waals surface area contributed by atoms with Crippen molar-refractivity contribution in [2.75, 3.05) is 11.4 Å². The summed E-state index contributed by atoms with van der Waals surface area (Å²) in [5.41, 5.74) is 3.91. The van der Waals surface area contributed by atoms with Crippen LogP contribution in [0.3, 0.4) is 0 Å². The molecule has 0 aromatic heterocycles. The Kier molecular flexibility index (Phi) is 2.71. The number of aromatic hydroxyl groups is 1. The fourth-order valence-electron chi connectivity index (χ4n) is 2.73. The van der Waals surface area contributed by atoms with Crippen molar-refractivity contribution in [3.05, 3.63) is 59.7 Å². The van der Waals surface area contributed by atoms with Crippen LogP contribution >= 0.6 is 0 Å². The van der Waals surface area contributed by atoms with Gasteiger partial charge in [-0.25, -0.2) is 0 Å². The zero-order valence-electron chi connectivity index (χ0n) is 10.5. The monoisotopic (exact) mass is 239 g/mol. The molecule has 0 radical (unpaired) electrons. The molecule has 1 N–H and O–H groups in total. The number of benzene rings is 2. The molecule has 0 bridgehead atoms. The van der Waals surface area contributed by atoms with Crippen LogP contribution in [0.1, 0.15) is 24.1 Å². The summed E-state index contributed by atoms with van der Waals surface area (Å²) in [4.78, 5) is 2.41. The highest BCUT2D eigenvalue weighted by molar-refractivity contribution is 5.59. The van der Waals surface area contributed by atoms with E-state index in [0.29, 0.717) is 11.8 Å². The number of anilines is 1. The Balaban J connectivity index is 1.93. The Labute approximate surface area is 107 Å². The van der Waals surface area contributed by atoms with E-state index < -0.39 is 0 Å². The highest BCUT2D eigenvalue weighted by atomic mass is 16.3. The SMILES string of the molecule is CC(c1cccc(O)c1)N1CCc2ccccc21. The fraction of sp³-hybridized carbons (Fsp3) is 0.250. The first-order chi connectivity index (χ1) is 8.75. The minimum absolute atomic E-state index is 0.292. The molecular weight excluding hydrogens is 222 g/mol. The third-order valence-electron chi connectivity index (χ3n) is 3.74. The van der Waals surface area contributed by atoms with Crippen molar-refractivity contribution in [1.82, 2.24) is 0 Å². The quantitative estimate of drug-likeness (QED) is 0.866. The molecule has 2 aromatic rings. The van der Waals surface area contributed by atoms with Gasteiger partial charge in [0.2, 0.25) is 0 Å². The van der Waals surface area contributed by atoms with Crippen LogP contribution in [0.4, 0.5) is 5.69 Å². The Morgan fingerprint density at radius 3 is 2.78 bits per heavy atom. The summed E-state index contributed by atoms with van der Waals surface area (Å²) < 4.78 is 0. The maximum Gasteiger partial charge on any atom is 0.115 e. The van der Waals surface area contributed by atoms with E-state index in [1.54, 1.807) is 6.07 Å². The van der Waals surface area contributed by atoms with Gasteiger partial charge in [-0.15, -0.1) is 0 Å². The van der Waals surface area contributed by atoms with E-state index in [-0.39, 0.29) is 0 Å². The maximum absolute atomic E-state index is 9.58. The number of rotatable bonds is 2. The minimum Gasteiger partial charge on any atom is -0.508 e. The average molecular weight is 239 g/mol. The van der Waals surface area contributed by atoms with Crippen molar-refractivity contribution in [2.45, 2.75) is 19.4 Å². The summed E-state index contributed by atoms with van der Waals surface area (Å²) in [5.74, 6) is 0.340. The zero-order valence-corrected chi connectivity index (χ0v) is 10.5. The fourth-order valence-corrected chi connectivity index (χ4v) is 2.73. The van der Waals surface area contributed by atoms with Crippen molar-refractivity contribution in [3.63, 3.8) is 0 Å². The summed E-state index contributed by atoms with van der Waals surface area (Å²) in [6.45, 7) is 3.24. The first-order valence-corrected chi connectivity index (χ1v) is 6.39. The third kappa shape index (κ3) is 1.84. The molecule has 0 saturated carbocycles. The zero-order chi connectivity index (χ0) is 12.5. The van der Waals surface area contributed by atoms with Gasteiger partial charge in [0.1, 0.15) is 5.75 Å². The molecule has 0 fully saturated rings. The van der Waals surface area contributed by atoms with Crippen molar-refractivity contribution in [2.24, 2.45) is 0 Å². The third-order valence-corrected chi connectivity index (χ3v) is 3.74. The van der Waals surface area contributed by atoms with Gasteiger partial charge < -0.3 is 10.0 Å². The van der Waals surface area contributed by atoms with Crippen molar-refractivity contribution >= 4 is 5.69 Å². The van der Waals surface area contributed by atoms with Crippen LogP contribution in [0.25, 0.3) is 0 Å². The van der Waals surface area contributed by atoms with Crippen LogP contribution < -0.4 is 4.90 Å². The second kappa shape index (κ2) is 4.37. The van der Waals surface area contributed by atoms with Gasteiger partial charge in [-0.3, -0.25) is 0 Å². The Morgan fingerprint density at radius 2 is 1.94 bits per heavy atom. The molecule has 0 saturated heterocycles. The normalized spacial score (nSPS) is 15.5. The summed E-state index contributed by atoms with van der Waals surface area (Å²) in [7, 11) is 0. The van der Waals surface area contributed by atoms with Crippen LogP contribution in [-0.2, 0) is 6.42 Å². The standard InChI is InChI=1S/C16H17NO/c1-12(14-6-4-7-15(18)11-14)17-10-9-13-5-2-3-8-16(13)17/h2-8,11-12,18H,9-10H2,1H3. The van der Waals surface area contributed by atoms with Gasteiger partial charge in [-0.05, 0) is 42.7 Å². The molecule has 1 aliphatic heterocycles. The molecule has 1 atom stereocenters. The number of hydrogen-bond donors (Lipinski definition) is 1. The Morgan fingerprint density at radius 1 is 1.11 bits per heavy atom. The molecule has 2 nitrogen and oxygen atoms in total. The number of phenols is 1. The lowest BCUT2D eigenvalue weighted by molar-refractivity contribution is 0.473. The smallest absolute Gasteiger partial charge is 0.115 e. The summed E-state index contributed by atoms with van der Waals surface area (Å²) in [6, 6.07) is 16.4. The molecule has 18 heavy (non-hydrogen) atoms. The van der Waals surface area contributed by atoms with Gasteiger partial charge in [0.25, 0.3) is 0 Å². The molecule has 2 heteroatoms. The largest absolute Gasteiger partial charge is 0.508 e. The van der Waals surface area contributed by atoms with Gasteiger partial charge in [-0.1, -0.05) is 30.3 Å². The molecule has 1 heterocycles. The van der Waals surface area contributed by atoms with E-state index >= 15 is 0 Å². The predicted octanol–water partition coefficient (Wildman–Crippen LogP) is 3.52. The van der Waals surface area contributed by atoms with Gasteiger partial charge in [0, 0.05) is 12.2 Å².